The lowest BCUT2D eigenvalue weighted by molar-refractivity contribution is -0.144. The summed E-state index contributed by atoms with van der Waals surface area (Å²) in [5.74, 6) is -0.666. The molecule has 0 bridgehead atoms. The first kappa shape index (κ1) is 38.7. The number of carbonyl (C=O) groups excluding carboxylic acids is 1. The second kappa shape index (κ2) is 33.9. The van der Waals surface area contributed by atoms with Crippen LogP contribution in [0, 0.1) is 0 Å². The van der Waals surface area contributed by atoms with Gasteiger partial charge in [-0.1, -0.05) is 154 Å². The van der Waals surface area contributed by atoms with Gasteiger partial charge in [0, 0.05) is 12.8 Å². The Bertz CT molecular complexity index is 557. The maximum absolute atomic E-state index is 11.9. The number of ether oxygens (including phenoxy) is 1. The van der Waals surface area contributed by atoms with E-state index in [1.165, 1.54) is 148 Å². The van der Waals surface area contributed by atoms with E-state index in [-0.39, 0.29) is 5.97 Å². The van der Waals surface area contributed by atoms with Gasteiger partial charge >= 0.3 is 11.9 Å². The number of allylic oxidation sites excluding steroid dienone is 2. The number of esters is 1. The minimum Gasteiger partial charge on any atom is -0.481 e. The molecule has 40 heavy (non-hydrogen) atoms. The number of hydrogen-bond donors (Lipinski definition) is 1. The summed E-state index contributed by atoms with van der Waals surface area (Å²) in [7, 11) is 0. The molecule has 0 rings (SSSR count). The minimum absolute atomic E-state index is 0.000308. The van der Waals surface area contributed by atoms with Crippen molar-refractivity contribution in [2.75, 3.05) is 6.61 Å². The fourth-order valence-electron chi connectivity index (χ4n) is 5.27. The standard InChI is InChI=1S/C36H68O4/c1-2-3-4-5-6-7-8-9-16-19-22-25-28-31-34-40-36(39)33-30-27-24-21-18-15-13-11-10-12-14-17-20-23-26-29-32-35(37)38/h7-8H,2-6,9-34H2,1H3,(H,37,38)/b8-7-. The highest BCUT2D eigenvalue weighted by Gasteiger charge is 2.03. The van der Waals surface area contributed by atoms with Crippen LogP contribution in [0.3, 0.4) is 0 Å². The van der Waals surface area contributed by atoms with Crippen molar-refractivity contribution in [2.45, 2.75) is 200 Å². The molecule has 0 atom stereocenters. The van der Waals surface area contributed by atoms with E-state index in [1.54, 1.807) is 0 Å². The van der Waals surface area contributed by atoms with Crippen LogP contribution in [0.25, 0.3) is 0 Å². The highest BCUT2D eigenvalue weighted by Crippen LogP contribution is 2.15. The summed E-state index contributed by atoms with van der Waals surface area (Å²) in [6.07, 6.45) is 40.7. The molecule has 0 aliphatic heterocycles. The van der Waals surface area contributed by atoms with Gasteiger partial charge < -0.3 is 9.84 Å². The summed E-state index contributed by atoms with van der Waals surface area (Å²) < 4.78 is 5.42. The molecule has 0 heterocycles. The van der Waals surface area contributed by atoms with Gasteiger partial charge in [-0.2, -0.15) is 0 Å². The van der Waals surface area contributed by atoms with Gasteiger partial charge in [-0.05, 0) is 44.9 Å². The van der Waals surface area contributed by atoms with E-state index in [0.717, 1.165) is 32.1 Å². The number of aliphatic carboxylic acids is 1. The average Bonchev–Trinajstić information content (AvgIpc) is 2.94. The van der Waals surface area contributed by atoms with Crippen LogP contribution >= 0.6 is 0 Å². The Morgan fingerprint density at radius 1 is 0.475 bits per heavy atom. The lowest BCUT2D eigenvalue weighted by atomic mass is 10.0. The molecule has 0 aromatic carbocycles. The number of rotatable bonds is 33. The van der Waals surface area contributed by atoms with Crippen molar-refractivity contribution in [1.82, 2.24) is 0 Å². The molecule has 0 aliphatic rings. The number of carboxylic acids is 1. The predicted molar refractivity (Wildman–Crippen MR) is 172 cm³/mol. The number of carboxylic acid groups (broad SMARTS) is 1. The summed E-state index contributed by atoms with van der Waals surface area (Å²) in [4.78, 5) is 22.4. The van der Waals surface area contributed by atoms with E-state index in [0.29, 0.717) is 19.4 Å². The molecule has 0 radical (unpaired) electrons. The van der Waals surface area contributed by atoms with E-state index < -0.39 is 5.97 Å². The summed E-state index contributed by atoms with van der Waals surface area (Å²) in [6.45, 7) is 2.87. The zero-order valence-corrected chi connectivity index (χ0v) is 26.7. The van der Waals surface area contributed by atoms with Crippen LogP contribution in [0.5, 0.6) is 0 Å². The molecule has 0 unspecified atom stereocenters. The van der Waals surface area contributed by atoms with Crippen molar-refractivity contribution < 1.29 is 19.4 Å². The Morgan fingerprint density at radius 3 is 1.25 bits per heavy atom. The molecule has 0 aromatic rings. The summed E-state index contributed by atoms with van der Waals surface area (Å²) in [6, 6.07) is 0. The first-order chi connectivity index (χ1) is 19.7. The first-order valence-corrected chi connectivity index (χ1v) is 17.7. The van der Waals surface area contributed by atoms with E-state index in [4.69, 9.17) is 9.84 Å². The molecule has 1 N–H and O–H groups in total. The van der Waals surface area contributed by atoms with Crippen LogP contribution in [0.4, 0.5) is 0 Å². The average molecular weight is 565 g/mol. The third-order valence-corrected chi connectivity index (χ3v) is 7.94. The molecule has 0 aliphatic carbocycles. The zero-order valence-electron chi connectivity index (χ0n) is 26.7. The number of hydrogen-bond acceptors (Lipinski definition) is 3. The van der Waals surface area contributed by atoms with Crippen LogP contribution in [-0.2, 0) is 14.3 Å². The third-order valence-electron chi connectivity index (χ3n) is 7.94. The molecule has 0 spiro atoms. The Morgan fingerprint density at radius 2 is 0.825 bits per heavy atom. The van der Waals surface area contributed by atoms with Gasteiger partial charge in [-0.15, -0.1) is 0 Å². The fraction of sp³-hybridized carbons (Fsp3) is 0.889. The van der Waals surface area contributed by atoms with Gasteiger partial charge in [0.05, 0.1) is 6.61 Å². The van der Waals surface area contributed by atoms with Crippen molar-refractivity contribution in [3.63, 3.8) is 0 Å². The van der Waals surface area contributed by atoms with Crippen LogP contribution in [0.1, 0.15) is 200 Å². The highest BCUT2D eigenvalue weighted by atomic mass is 16.5. The van der Waals surface area contributed by atoms with Crippen molar-refractivity contribution in [3.8, 4) is 0 Å². The van der Waals surface area contributed by atoms with E-state index in [2.05, 4.69) is 19.1 Å². The van der Waals surface area contributed by atoms with Crippen LogP contribution in [-0.4, -0.2) is 23.7 Å². The molecule has 4 nitrogen and oxygen atoms in total. The molecule has 0 amide bonds. The maximum atomic E-state index is 11.9. The Kier molecular flexibility index (Phi) is 32.8. The molecule has 236 valence electrons. The molecular weight excluding hydrogens is 496 g/mol. The van der Waals surface area contributed by atoms with Crippen LogP contribution < -0.4 is 0 Å². The zero-order chi connectivity index (χ0) is 29.2. The Hall–Kier alpha value is -1.32. The normalized spacial score (nSPS) is 11.4. The Balaban J connectivity index is 3.18. The minimum atomic E-state index is -0.665. The Labute approximate surface area is 249 Å². The summed E-state index contributed by atoms with van der Waals surface area (Å²) in [5, 5.41) is 8.62. The van der Waals surface area contributed by atoms with Gasteiger partial charge in [0.15, 0.2) is 0 Å². The second-order valence-electron chi connectivity index (χ2n) is 12.0. The van der Waals surface area contributed by atoms with E-state index in [1.807, 2.05) is 0 Å². The van der Waals surface area contributed by atoms with Crippen molar-refractivity contribution >= 4 is 11.9 Å². The lowest BCUT2D eigenvalue weighted by Crippen LogP contribution is -2.05. The fourth-order valence-corrected chi connectivity index (χ4v) is 5.27. The third kappa shape index (κ3) is 34.7. The molecule has 0 fully saturated rings. The molecule has 0 aromatic heterocycles. The monoisotopic (exact) mass is 565 g/mol. The van der Waals surface area contributed by atoms with Crippen molar-refractivity contribution in [2.24, 2.45) is 0 Å². The first-order valence-electron chi connectivity index (χ1n) is 17.7. The van der Waals surface area contributed by atoms with Gasteiger partial charge in [0.25, 0.3) is 0 Å². The number of carbonyl (C=O) groups is 2. The van der Waals surface area contributed by atoms with Crippen LogP contribution in [0.15, 0.2) is 12.2 Å². The second-order valence-corrected chi connectivity index (χ2v) is 12.0. The lowest BCUT2D eigenvalue weighted by Gasteiger charge is -2.05. The van der Waals surface area contributed by atoms with E-state index in [9.17, 15) is 9.59 Å². The van der Waals surface area contributed by atoms with Gasteiger partial charge in [0.1, 0.15) is 0 Å². The quantitative estimate of drug-likeness (QED) is 0.0489. The molecule has 0 saturated carbocycles. The predicted octanol–water partition coefficient (Wildman–Crippen LogP) is 11.9. The highest BCUT2D eigenvalue weighted by molar-refractivity contribution is 5.69. The van der Waals surface area contributed by atoms with Gasteiger partial charge in [-0.3, -0.25) is 9.59 Å². The van der Waals surface area contributed by atoms with Gasteiger partial charge in [0.2, 0.25) is 0 Å². The van der Waals surface area contributed by atoms with Crippen molar-refractivity contribution in [3.05, 3.63) is 12.2 Å². The number of unbranched alkanes of at least 4 members (excludes halogenated alkanes) is 25. The topological polar surface area (TPSA) is 63.6 Å². The van der Waals surface area contributed by atoms with E-state index >= 15 is 0 Å². The SMILES string of the molecule is CCCCCC/C=C\CCCCCCCCOC(=O)CCCCCCCCCCCCCCCCCCC(=O)O. The van der Waals surface area contributed by atoms with Crippen LogP contribution in [0.2, 0.25) is 0 Å². The molecule has 4 heteroatoms. The molecular formula is C36H68O4. The smallest absolute Gasteiger partial charge is 0.305 e. The maximum Gasteiger partial charge on any atom is 0.305 e. The summed E-state index contributed by atoms with van der Waals surface area (Å²) in [5.41, 5.74) is 0. The summed E-state index contributed by atoms with van der Waals surface area (Å²) >= 11 is 0. The van der Waals surface area contributed by atoms with Crippen molar-refractivity contribution in [1.29, 1.82) is 0 Å². The largest absolute Gasteiger partial charge is 0.481 e. The molecule has 0 saturated heterocycles. The van der Waals surface area contributed by atoms with Gasteiger partial charge in [-0.25, -0.2) is 0 Å².